The van der Waals surface area contributed by atoms with Gasteiger partial charge < -0.3 is 11.1 Å². The highest BCUT2D eigenvalue weighted by atomic mass is 35.5. The normalized spacial score (nSPS) is 17.1. The quantitative estimate of drug-likeness (QED) is 0.749. The van der Waals surface area contributed by atoms with Crippen LogP contribution in [0.1, 0.15) is 53.0 Å². The van der Waals surface area contributed by atoms with E-state index in [9.17, 15) is 13.2 Å². The predicted octanol–water partition coefficient (Wildman–Crippen LogP) is 2.66. The molecule has 1 aliphatic heterocycles. The Morgan fingerprint density at radius 2 is 1.61 bits per heavy atom. The van der Waals surface area contributed by atoms with E-state index in [0.29, 0.717) is 37.4 Å². The van der Waals surface area contributed by atoms with Gasteiger partial charge in [0, 0.05) is 31.1 Å². The van der Waals surface area contributed by atoms with E-state index < -0.39 is 15.6 Å². The summed E-state index contributed by atoms with van der Waals surface area (Å²) in [4.78, 5) is 12.6. The highest BCUT2D eigenvalue weighted by Gasteiger charge is 2.32. The molecule has 1 saturated heterocycles. The summed E-state index contributed by atoms with van der Waals surface area (Å²) in [5.41, 5.74) is 6.51. The maximum Gasteiger partial charge on any atom is 0.243 e. The number of benzene rings is 1. The number of halogens is 1. The Balaban J connectivity index is 0.00000392. The fourth-order valence-corrected chi connectivity index (χ4v) is 4.56. The Labute approximate surface area is 175 Å². The second-order valence-corrected chi connectivity index (χ2v) is 11.1. The number of rotatable bonds is 5. The van der Waals surface area contributed by atoms with Gasteiger partial charge in [-0.1, -0.05) is 32.9 Å². The minimum Gasteiger partial charge on any atom is -0.354 e. The van der Waals surface area contributed by atoms with Gasteiger partial charge in [0.25, 0.3) is 0 Å². The average Bonchev–Trinajstić information content (AvgIpc) is 2.58. The molecule has 0 atom stereocenters. The van der Waals surface area contributed by atoms with E-state index >= 15 is 0 Å². The summed E-state index contributed by atoms with van der Waals surface area (Å²) < 4.78 is 27.3. The molecule has 1 aromatic carbocycles. The van der Waals surface area contributed by atoms with Crippen LogP contribution in [0, 0.1) is 5.92 Å². The van der Waals surface area contributed by atoms with Crippen LogP contribution in [0.4, 0.5) is 0 Å². The maximum atomic E-state index is 12.9. The Morgan fingerprint density at radius 1 is 1.11 bits per heavy atom. The highest BCUT2D eigenvalue weighted by molar-refractivity contribution is 7.89. The molecule has 3 N–H and O–H groups in total. The Kier molecular flexibility index (Phi) is 8.10. The van der Waals surface area contributed by atoms with Gasteiger partial charge in [-0.2, -0.15) is 4.31 Å². The molecule has 0 aliphatic carbocycles. The van der Waals surface area contributed by atoms with Gasteiger partial charge >= 0.3 is 0 Å². The van der Waals surface area contributed by atoms with Crippen molar-refractivity contribution in [1.82, 2.24) is 9.62 Å². The van der Waals surface area contributed by atoms with Crippen molar-refractivity contribution in [2.45, 2.75) is 63.3 Å². The van der Waals surface area contributed by atoms with Gasteiger partial charge in [-0.15, -0.1) is 12.4 Å². The first-order valence-corrected chi connectivity index (χ1v) is 10.9. The smallest absolute Gasteiger partial charge is 0.243 e. The van der Waals surface area contributed by atoms with Gasteiger partial charge in [-0.25, -0.2) is 8.42 Å². The number of nitrogens with two attached hydrogens (primary N) is 1. The number of amides is 1. The minimum absolute atomic E-state index is 0. The molecule has 0 bridgehead atoms. The molecule has 1 amide bonds. The molecule has 0 aromatic heterocycles. The van der Waals surface area contributed by atoms with E-state index in [-0.39, 0.29) is 29.6 Å². The molecule has 6 nitrogen and oxygen atoms in total. The lowest BCUT2D eigenvalue weighted by Crippen LogP contribution is -2.48. The van der Waals surface area contributed by atoms with Crippen molar-refractivity contribution in [1.29, 1.82) is 0 Å². The number of piperidine rings is 1. The molecule has 160 valence electrons. The van der Waals surface area contributed by atoms with E-state index in [2.05, 4.69) is 26.1 Å². The molecule has 1 fully saturated rings. The first kappa shape index (κ1) is 24.9. The number of sulfonamides is 1. The van der Waals surface area contributed by atoms with Gasteiger partial charge in [-0.05, 0) is 49.8 Å². The molecular formula is C20H34ClN3O3S. The Morgan fingerprint density at radius 3 is 2.04 bits per heavy atom. The summed E-state index contributed by atoms with van der Waals surface area (Å²) in [5, 5.41) is 2.87. The molecule has 0 radical (unpaired) electrons. The first-order valence-electron chi connectivity index (χ1n) is 9.48. The first-order chi connectivity index (χ1) is 12.3. The summed E-state index contributed by atoms with van der Waals surface area (Å²) in [5.74, 6) is -0.206. The molecule has 0 saturated carbocycles. The van der Waals surface area contributed by atoms with Gasteiger partial charge in [0.15, 0.2) is 0 Å². The van der Waals surface area contributed by atoms with Crippen molar-refractivity contribution in [3.05, 3.63) is 29.8 Å². The second kappa shape index (κ2) is 9.11. The summed E-state index contributed by atoms with van der Waals surface area (Å²) in [7, 11) is -3.53. The van der Waals surface area contributed by atoms with E-state index in [1.807, 2.05) is 26.0 Å². The molecule has 2 rings (SSSR count). The fraction of sp³-hybridized carbons (Fsp3) is 0.650. The van der Waals surface area contributed by atoms with Crippen LogP contribution in [0.5, 0.6) is 0 Å². The fourth-order valence-electron chi connectivity index (χ4n) is 3.09. The molecule has 0 spiro atoms. The van der Waals surface area contributed by atoms with Crippen molar-refractivity contribution in [2.75, 3.05) is 19.6 Å². The monoisotopic (exact) mass is 431 g/mol. The zero-order valence-electron chi connectivity index (χ0n) is 17.5. The van der Waals surface area contributed by atoms with Crippen LogP contribution in [-0.4, -0.2) is 43.8 Å². The lowest BCUT2D eigenvalue weighted by Gasteiger charge is -2.31. The van der Waals surface area contributed by atoms with Crippen molar-refractivity contribution in [2.24, 2.45) is 11.7 Å². The van der Waals surface area contributed by atoms with Crippen molar-refractivity contribution >= 4 is 28.3 Å². The standard InChI is InChI=1S/C20H33N3O3S.ClH/c1-19(2,3)16-6-8-17(9-7-16)27(25,26)23-12-10-15(11-13-23)18(24)22-14-20(4,5)21;/h6-9,15H,10-14,21H2,1-5H3,(H,22,24);1H. The van der Waals surface area contributed by atoms with Crippen LogP contribution in [0.2, 0.25) is 0 Å². The Hall–Kier alpha value is -1.15. The number of nitrogens with zero attached hydrogens (tertiary/aromatic N) is 1. The number of hydrogen-bond acceptors (Lipinski definition) is 4. The van der Waals surface area contributed by atoms with Gasteiger partial charge in [0.2, 0.25) is 15.9 Å². The van der Waals surface area contributed by atoms with Crippen LogP contribution >= 0.6 is 12.4 Å². The summed E-state index contributed by atoms with van der Waals surface area (Å²) in [6, 6.07) is 7.11. The minimum atomic E-state index is -3.53. The zero-order chi connectivity index (χ0) is 20.5. The summed E-state index contributed by atoms with van der Waals surface area (Å²) >= 11 is 0. The molecule has 0 unspecified atom stereocenters. The largest absolute Gasteiger partial charge is 0.354 e. The molecule has 1 aromatic rings. The third-order valence-corrected chi connectivity index (χ3v) is 6.81. The lowest BCUT2D eigenvalue weighted by atomic mass is 9.87. The average molecular weight is 432 g/mol. The predicted molar refractivity (Wildman–Crippen MR) is 115 cm³/mol. The number of carbonyl (C=O) groups is 1. The number of nitrogens with one attached hydrogen (secondary N) is 1. The SMILES string of the molecule is CC(C)(N)CNC(=O)C1CCN(S(=O)(=O)c2ccc(C(C)(C)C)cc2)CC1.Cl. The van der Waals surface area contributed by atoms with Crippen molar-refractivity contribution in [3.63, 3.8) is 0 Å². The number of carbonyl (C=O) groups excluding carboxylic acids is 1. The van der Waals surface area contributed by atoms with E-state index in [1.165, 1.54) is 4.31 Å². The molecule has 8 heteroatoms. The van der Waals surface area contributed by atoms with Gasteiger partial charge in [0.05, 0.1) is 4.90 Å². The van der Waals surface area contributed by atoms with Gasteiger partial charge in [-0.3, -0.25) is 4.79 Å². The summed E-state index contributed by atoms with van der Waals surface area (Å²) in [6.45, 7) is 11.1. The number of hydrogen-bond donors (Lipinski definition) is 2. The van der Waals surface area contributed by atoms with Crippen LogP contribution in [0.3, 0.4) is 0 Å². The van der Waals surface area contributed by atoms with Crippen LogP contribution in [0.15, 0.2) is 29.2 Å². The highest BCUT2D eigenvalue weighted by Crippen LogP contribution is 2.27. The van der Waals surface area contributed by atoms with Crippen molar-refractivity contribution < 1.29 is 13.2 Å². The molecular weight excluding hydrogens is 398 g/mol. The van der Waals surface area contributed by atoms with E-state index in [4.69, 9.17) is 5.73 Å². The third-order valence-electron chi connectivity index (χ3n) is 4.90. The topological polar surface area (TPSA) is 92.5 Å². The van der Waals surface area contributed by atoms with E-state index in [1.54, 1.807) is 12.1 Å². The van der Waals surface area contributed by atoms with E-state index in [0.717, 1.165) is 5.56 Å². The van der Waals surface area contributed by atoms with Crippen LogP contribution in [0.25, 0.3) is 0 Å². The summed E-state index contributed by atoms with van der Waals surface area (Å²) in [6.07, 6.45) is 1.05. The molecule has 28 heavy (non-hydrogen) atoms. The van der Waals surface area contributed by atoms with Crippen LogP contribution < -0.4 is 11.1 Å². The lowest BCUT2D eigenvalue weighted by molar-refractivity contribution is -0.126. The van der Waals surface area contributed by atoms with Gasteiger partial charge in [0.1, 0.15) is 0 Å². The molecule has 1 aliphatic rings. The molecule has 1 heterocycles. The Bertz CT molecular complexity index is 757. The maximum absolute atomic E-state index is 12.9. The third kappa shape index (κ3) is 6.44. The second-order valence-electron chi connectivity index (χ2n) is 9.16. The zero-order valence-corrected chi connectivity index (χ0v) is 19.1. The van der Waals surface area contributed by atoms with Crippen LogP contribution in [-0.2, 0) is 20.2 Å². The van der Waals surface area contributed by atoms with Crippen molar-refractivity contribution in [3.8, 4) is 0 Å².